The van der Waals surface area contributed by atoms with Crippen LogP contribution in [0.2, 0.25) is 0 Å². The molecule has 2 N–H and O–H groups in total. The Balaban J connectivity index is 1.61. The summed E-state index contributed by atoms with van der Waals surface area (Å²) in [6, 6.07) is 20.8. The summed E-state index contributed by atoms with van der Waals surface area (Å²) < 4.78 is 5.31. The Morgan fingerprint density at radius 2 is 1.54 bits per heavy atom. The molecule has 0 unspecified atom stereocenters. The number of nitro groups is 2. The van der Waals surface area contributed by atoms with E-state index < -0.39 is 27.2 Å². The smallest absolute Gasteiger partial charge is 0.306 e. The Labute approximate surface area is 211 Å². The van der Waals surface area contributed by atoms with Crippen molar-refractivity contribution in [2.75, 3.05) is 17.3 Å². The third-order valence-electron chi connectivity index (χ3n) is 5.02. The molecule has 0 atom stereocenters. The summed E-state index contributed by atoms with van der Waals surface area (Å²) in [4.78, 5) is 45.1. The van der Waals surface area contributed by atoms with Crippen LogP contribution in [-0.4, -0.2) is 34.0 Å². The summed E-state index contributed by atoms with van der Waals surface area (Å²) in [7, 11) is 0. The Hall–Kier alpha value is -5.13. The van der Waals surface area contributed by atoms with Gasteiger partial charge in [0.25, 0.3) is 5.69 Å². The van der Waals surface area contributed by atoms with E-state index in [9.17, 15) is 29.8 Å². The molecule has 3 aromatic carbocycles. The zero-order valence-electron chi connectivity index (χ0n) is 19.5. The van der Waals surface area contributed by atoms with E-state index in [0.29, 0.717) is 11.3 Å². The van der Waals surface area contributed by atoms with Crippen LogP contribution in [0.15, 0.2) is 84.0 Å². The number of amides is 1. The molecule has 0 aliphatic heterocycles. The maximum absolute atomic E-state index is 12.3. The van der Waals surface area contributed by atoms with Gasteiger partial charge in [0.1, 0.15) is 18.0 Å². The molecule has 37 heavy (non-hydrogen) atoms. The number of nitrogens with one attached hydrogen (secondary N) is 2. The third kappa shape index (κ3) is 8.24. The highest BCUT2D eigenvalue weighted by Gasteiger charge is 2.19. The van der Waals surface area contributed by atoms with Crippen molar-refractivity contribution in [3.63, 3.8) is 0 Å². The minimum absolute atomic E-state index is 0.00549. The Bertz CT molecular complexity index is 1300. The molecule has 0 heterocycles. The largest absolute Gasteiger partial charge is 0.459 e. The number of hydrogen-bond donors (Lipinski definition) is 2. The van der Waals surface area contributed by atoms with Crippen LogP contribution in [0.4, 0.5) is 22.7 Å². The van der Waals surface area contributed by atoms with Crippen molar-refractivity contribution in [1.29, 1.82) is 0 Å². The minimum atomic E-state index is -0.763. The van der Waals surface area contributed by atoms with E-state index in [1.54, 1.807) is 54.6 Å². The average Bonchev–Trinajstić information content (AvgIpc) is 2.89. The van der Waals surface area contributed by atoms with E-state index in [0.717, 1.165) is 12.1 Å². The average molecular weight is 505 g/mol. The van der Waals surface area contributed by atoms with Gasteiger partial charge in [0, 0.05) is 30.2 Å². The Morgan fingerprint density at radius 3 is 2.19 bits per heavy atom. The first-order valence-corrected chi connectivity index (χ1v) is 11.1. The topological polar surface area (TPSA) is 166 Å². The van der Waals surface area contributed by atoms with E-state index >= 15 is 0 Å². The molecule has 0 aliphatic rings. The second kappa shape index (κ2) is 13.1. The number of nitro benzene ring substituents is 2. The SMILES string of the molecule is O=C(CCCC(=O)OC/C(=N/Nc1ccc([N+](=O)[O-])cc1[N+](=O)[O-])c1ccccc1)Nc1ccccc1. The quantitative estimate of drug-likeness (QED) is 0.155. The monoisotopic (exact) mass is 505 g/mol. The van der Waals surface area contributed by atoms with Crippen molar-refractivity contribution in [3.8, 4) is 0 Å². The van der Waals surface area contributed by atoms with Gasteiger partial charge in [0.15, 0.2) is 0 Å². The van der Waals surface area contributed by atoms with E-state index in [2.05, 4.69) is 15.8 Å². The molecular formula is C25H23N5O7. The van der Waals surface area contributed by atoms with Gasteiger partial charge in [-0.05, 0) is 24.6 Å². The van der Waals surface area contributed by atoms with Crippen molar-refractivity contribution >= 4 is 40.3 Å². The van der Waals surface area contributed by atoms with Gasteiger partial charge in [-0.3, -0.25) is 35.2 Å². The van der Waals surface area contributed by atoms with Gasteiger partial charge in [-0.2, -0.15) is 5.10 Å². The van der Waals surface area contributed by atoms with Crippen molar-refractivity contribution in [2.45, 2.75) is 19.3 Å². The van der Waals surface area contributed by atoms with Crippen LogP contribution in [0.1, 0.15) is 24.8 Å². The van der Waals surface area contributed by atoms with Crippen molar-refractivity contribution in [2.24, 2.45) is 5.10 Å². The summed E-state index contributed by atoms with van der Waals surface area (Å²) in [5, 5.41) is 29.2. The number of hydrogen-bond acceptors (Lipinski definition) is 9. The molecule has 0 radical (unpaired) electrons. The normalized spacial score (nSPS) is 10.9. The van der Waals surface area contributed by atoms with Gasteiger partial charge in [-0.1, -0.05) is 48.5 Å². The second-order valence-electron chi connectivity index (χ2n) is 7.68. The summed E-state index contributed by atoms with van der Waals surface area (Å²) in [6.45, 7) is -0.243. The van der Waals surface area contributed by atoms with Crippen LogP contribution in [0.25, 0.3) is 0 Å². The lowest BCUT2D eigenvalue weighted by molar-refractivity contribution is -0.393. The Morgan fingerprint density at radius 1 is 0.865 bits per heavy atom. The van der Waals surface area contributed by atoms with Crippen LogP contribution in [0.5, 0.6) is 0 Å². The second-order valence-corrected chi connectivity index (χ2v) is 7.68. The first-order valence-electron chi connectivity index (χ1n) is 11.1. The Kier molecular flexibility index (Phi) is 9.37. The number of para-hydroxylation sites is 1. The number of carbonyl (C=O) groups is 2. The highest BCUT2D eigenvalue weighted by molar-refractivity contribution is 6.02. The molecule has 190 valence electrons. The number of benzene rings is 3. The molecule has 0 aliphatic carbocycles. The molecule has 0 spiro atoms. The first kappa shape index (κ1) is 26.5. The summed E-state index contributed by atoms with van der Waals surface area (Å²) in [5.41, 5.74) is 3.03. The number of carbonyl (C=O) groups excluding carboxylic acids is 2. The van der Waals surface area contributed by atoms with Crippen molar-refractivity contribution in [1.82, 2.24) is 0 Å². The van der Waals surface area contributed by atoms with Crippen LogP contribution in [-0.2, 0) is 14.3 Å². The molecule has 12 nitrogen and oxygen atoms in total. The predicted molar refractivity (Wildman–Crippen MR) is 136 cm³/mol. The first-order chi connectivity index (χ1) is 17.8. The number of anilines is 2. The van der Waals surface area contributed by atoms with Gasteiger partial charge in [-0.25, -0.2) is 0 Å². The molecule has 0 saturated carbocycles. The van der Waals surface area contributed by atoms with E-state index in [1.807, 2.05) is 6.07 Å². The molecule has 1 amide bonds. The van der Waals surface area contributed by atoms with Crippen LogP contribution in [0, 0.1) is 20.2 Å². The van der Waals surface area contributed by atoms with Crippen LogP contribution in [0.3, 0.4) is 0 Å². The minimum Gasteiger partial charge on any atom is -0.459 e. The molecule has 0 fully saturated rings. The summed E-state index contributed by atoms with van der Waals surface area (Å²) >= 11 is 0. The summed E-state index contributed by atoms with van der Waals surface area (Å²) in [6.07, 6.45) is 0.420. The third-order valence-corrected chi connectivity index (χ3v) is 5.02. The molecule has 3 aromatic rings. The molecule has 12 heteroatoms. The van der Waals surface area contributed by atoms with Gasteiger partial charge < -0.3 is 10.1 Å². The number of esters is 1. The number of nitrogens with zero attached hydrogens (tertiary/aromatic N) is 3. The standard InChI is InChI=1S/C25H23N5O7/c31-24(26-19-10-5-2-6-11-19)12-7-13-25(32)37-17-22(18-8-3-1-4-9-18)28-27-21-15-14-20(29(33)34)16-23(21)30(35)36/h1-6,8-11,14-16,27H,7,12-13,17H2,(H,26,31)/b28-22-. The predicted octanol–water partition coefficient (Wildman–Crippen LogP) is 4.67. The fourth-order valence-corrected chi connectivity index (χ4v) is 3.18. The maximum Gasteiger partial charge on any atom is 0.306 e. The number of non-ortho nitro benzene ring substituents is 1. The number of hydrazone groups is 1. The van der Waals surface area contributed by atoms with Crippen LogP contribution >= 0.6 is 0 Å². The molecule has 3 rings (SSSR count). The zero-order chi connectivity index (χ0) is 26.6. The maximum atomic E-state index is 12.3. The van der Waals surface area contributed by atoms with Crippen molar-refractivity contribution < 1.29 is 24.2 Å². The van der Waals surface area contributed by atoms with Gasteiger partial charge in [-0.15, -0.1) is 0 Å². The lowest BCUT2D eigenvalue weighted by Crippen LogP contribution is -2.17. The van der Waals surface area contributed by atoms with E-state index in [4.69, 9.17) is 4.74 Å². The van der Waals surface area contributed by atoms with E-state index in [1.165, 1.54) is 6.07 Å². The fourth-order valence-electron chi connectivity index (χ4n) is 3.18. The van der Waals surface area contributed by atoms with Crippen LogP contribution < -0.4 is 10.7 Å². The molecular weight excluding hydrogens is 482 g/mol. The number of ether oxygens (including phenoxy) is 1. The van der Waals surface area contributed by atoms with Gasteiger partial charge in [0.05, 0.1) is 15.9 Å². The van der Waals surface area contributed by atoms with Gasteiger partial charge in [0.2, 0.25) is 5.91 Å². The van der Waals surface area contributed by atoms with E-state index in [-0.39, 0.29) is 43.2 Å². The lowest BCUT2D eigenvalue weighted by atomic mass is 10.1. The lowest BCUT2D eigenvalue weighted by Gasteiger charge is -2.10. The molecule has 0 saturated heterocycles. The summed E-state index contributed by atoms with van der Waals surface area (Å²) in [5.74, 6) is -0.767. The zero-order valence-corrected chi connectivity index (χ0v) is 19.5. The highest BCUT2D eigenvalue weighted by atomic mass is 16.6. The molecule has 0 aromatic heterocycles. The highest BCUT2D eigenvalue weighted by Crippen LogP contribution is 2.29. The van der Waals surface area contributed by atoms with Crippen molar-refractivity contribution in [3.05, 3.63) is 105 Å². The number of rotatable bonds is 12. The van der Waals surface area contributed by atoms with Gasteiger partial charge >= 0.3 is 11.7 Å². The molecule has 0 bridgehead atoms. The fraction of sp³-hybridized carbons (Fsp3) is 0.160.